The standard InChI is InChI=1S/C25H26ClN3O2/c1-28-14-16-29(17-15-28)21-12-10-20(11-13-21)27-25(30)22-7-3-5-9-24(22)31-18-19-6-2-4-8-23(19)26/h2-13H,14-18H2,1H3,(H,27,30). The summed E-state index contributed by atoms with van der Waals surface area (Å²) in [6.07, 6.45) is 0. The first-order valence-electron chi connectivity index (χ1n) is 10.4. The predicted octanol–water partition coefficient (Wildman–Crippen LogP) is 4.92. The van der Waals surface area contributed by atoms with Gasteiger partial charge in [0, 0.05) is 48.1 Å². The fourth-order valence-corrected chi connectivity index (χ4v) is 3.76. The molecule has 0 saturated carbocycles. The molecule has 1 saturated heterocycles. The molecular weight excluding hydrogens is 410 g/mol. The summed E-state index contributed by atoms with van der Waals surface area (Å²) in [6, 6.07) is 22.8. The van der Waals surface area contributed by atoms with Gasteiger partial charge >= 0.3 is 0 Å². The van der Waals surface area contributed by atoms with Crippen molar-refractivity contribution in [2.45, 2.75) is 6.61 Å². The van der Waals surface area contributed by atoms with Crippen molar-refractivity contribution in [2.75, 3.05) is 43.4 Å². The molecular formula is C25H26ClN3O2. The molecule has 0 unspecified atom stereocenters. The van der Waals surface area contributed by atoms with Gasteiger partial charge in [0.15, 0.2) is 0 Å². The largest absolute Gasteiger partial charge is 0.488 e. The molecule has 1 heterocycles. The van der Waals surface area contributed by atoms with E-state index in [4.69, 9.17) is 16.3 Å². The van der Waals surface area contributed by atoms with Gasteiger partial charge in [-0.15, -0.1) is 0 Å². The molecule has 1 amide bonds. The summed E-state index contributed by atoms with van der Waals surface area (Å²) in [5.74, 6) is 0.316. The molecule has 0 radical (unpaired) electrons. The average Bonchev–Trinajstić information content (AvgIpc) is 2.80. The molecule has 1 aliphatic heterocycles. The third-order valence-corrected chi connectivity index (χ3v) is 5.84. The molecule has 0 spiro atoms. The Morgan fingerprint density at radius 2 is 1.61 bits per heavy atom. The summed E-state index contributed by atoms with van der Waals surface area (Å²) in [6.45, 7) is 4.44. The molecule has 160 valence electrons. The van der Waals surface area contributed by atoms with Crippen LogP contribution in [0.4, 0.5) is 11.4 Å². The minimum absolute atomic E-state index is 0.206. The van der Waals surface area contributed by atoms with E-state index in [1.54, 1.807) is 12.1 Å². The van der Waals surface area contributed by atoms with Crippen molar-refractivity contribution in [2.24, 2.45) is 0 Å². The van der Waals surface area contributed by atoms with E-state index >= 15 is 0 Å². The van der Waals surface area contributed by atoms with Crippen molar-refractivity contribution in [3.8, 4) is 5.75 Å². The number of halogens is 1. The van der Waals surface area contributed by atoms with Crippen LogP contribution in [-0.2, 0) is 6.61 Å². The molecule has 3 aromatic carbocycles. The zero-order valence-electron chi connectivity index (χ0n) is 17.6. The number of piperazine rings is 1. The number of anilines is 2. The lowest BCUT2D eigenvalue weighted by atomic mass is 10.1. The summed E-state index contributed by atoms with van der Waals surface area (Å²) < 4.78 is 5.91. The molecule has 1 aliphatic rings. The van der Waals surface area contributed by atoms with Gasteiger partial charge in [-0.25, -0.2) is 0 Å². The SMILES string of the molecule is CN1CCN(c2ccc(NC(=O)c3ccccc3OCc3ccccc3Cl)cc2)CC1. The maximum absolute atomic E-state index is 12.9. The normalized spacial score (nSPS) is 14.3. The van der Waals surface area contributed by atoms with E-state index < -0.39 is 0 Å². The van der Waals surface area contributed by atoms with Crippen LogP contribution in [0.25, 0.3) is 0 Å². The molecule has 1 N–H and O–H groups in total. The number of carbonyl (C=O) groups excluding carboxylic acids is 1. The van der Waals surface area contributed by atoms with E-state index in [2.05, 4.69) is 34.3 Å². The van der Waals surface area contributed by atoms with Crippen molar-refractivity contribution in [1.29, 1.82) is 0 Å². The molecule has 31 heavy (non-hydrogen) atoms. The van der Waals surface area contributed by atoms with Crippen LogP contribution in [-0.4, -0.2) is 44.0 Å². The van der Waals surface area contributed by atoms with E-state index in [-0.39, 0.29) is 5.91 Å². The van der Waals surface area contributed by atoms with Crippen molar-refractivity contribution < 1.29 is 9.53 Å². The zero-order valence-corrected chi connectivity index (χ0v) is 18.3. The Morgan fingerprint density at radius 3 is 2.35 bits per heavy atom. The van der Waals surface area contributed by atoms with Crippen molar-refractivity contribution in [3.63, 3.8) is 0 Å². The fourth-order valence-electron chi connectivity index (χ4n) is 3.57. The Kier molecular flexibility index (Phi) is 6.75. The second kappa shape index (κ2) is 9.86. The van der Waals surface area contributed by atoms with E-state index in [0.717, 1.165) is 37.4 Å². The number of amides is 1. The molecule has 0 aromatic heterocycles. The molecule has 5 nitrogen and oxygen atoms in total. The number of benzene rings is 3. The first kappa shape index (κ1) is 21.2. The van der Waals surface area contributed by atoms with E-state index in [1.807, 2.05) is 48.5 Å². The van der Waals surface area contributed by atoms with Crippen molar-refractivity contribution >= 4 is 28.9 Å². The Morgan fingerprint density at radius 1 is 0.935 bits per heavy atom. The highest BCUT2D eigenvalue weighted by Crippen LogP contribution is 2.24. The smallest absolute Gasteiger partial charge is 0.259 e. The van der Waals surface area contributed by atoms with E-state index in [1.165, 1.54) is 5.69 Å². The lowest BCUT2D eigenvalue weighted by molar-refractivity contribution is 0.102. The van der Waals surface area contributed by atoms with Crippen LogP contribution in [0.3, 0.4) is 0 Å². The summed E-state index contributed by atoms with van der Waals surface area (Å²) in [7, 11) is 2.14. The highest BCUT2D eigenvalue weighted by atomic mass is 35.5. The summed E-state index contributed by atoms with van der Waals surface area (Å²) >= 11 is 6.21. The number of rotatable bonds is 6. The monoisotopic (exact) mass is 435 g/mol. The number of likely N-dealkylation sites (N-methyl/N-ethyl adjacent to an activating group) is 1. The number of nitrogens with one attached hydrogen (secondary N) is 1. The van der Waals surface area contributed by atoms with Gasteiger partial charge in [0.2, 0.25) is 0 Å². The number of ether oxygens (including phenoxy) is 1. The zero-order chi connectivity index (χ0) is 21.6. The quantitative estimate of drug-likeness (QED) is 0.596. The topological polar surface area (TPSA) is 44.8 Å². The second-order valence-corrected chi connectivity index (χ2v) is 8.07. The van der Waals surface area contributed by atoms with Gasteiger partial charge in [-0.05, 0) is 49.5 Å². The number of hydrogen-bond donors (Lipinski definition) is 1. The maximum Gasteiger partial charge on any atom is 0.259 e. The highest BCUT2D eigenvalue weighted by molar-refractivity contribution is 6.31. The summed E-state index contributed by atoms with van der Waals surface area (Å²) in [5.41, 5.74) is 3.29. The van der Waals surface area contributed by atoms with Crippen LogP contribution in [0.2, 0.25) is 5.02 Å². The van der Waals surface area contributed by atoms with Crippen LogP contribution >= 0.6 is 11.6 Å². The van der Waals surface area contributed by atoms with Crippen molar-refractivity contribution in [1.82, 2.24) is 4.90 Å². The van der Waals surface area contributed by atoms with Crippen LogP contribution in [0.1, 0.15) is 15.9 Å². The molecule has 6 heteroatoms. The lowest BCUT2D eigenvalue weighted by Crippen LogP contribution is -2.44. The molecule has 1 fully saturated rings. The van der Waals surface area contributed by atoms with Gasteiger partial charge in [-0.1, -0.05) is 41.9 Å². The lowest BCUT2D eigenvalue weighted by Gasteiger charge is -2.34. The third-order valence-electron chi connectivity index (χ3n) is 5.47. The Labute approximate surface area is 188 Å². The average molecular weight is 436 g/mol. The van der Waals surface area contributed by atoms with Gasteiger partial charge in [-0.2, -0.15) is 0 Å². The molecule has 0 aliphatic carbocycles. The van der Waals surface area contributed by atoms with E-state index in [9.17, 15) is 4.79 Å². The number of para-hydroxylation sites is 1. The van der Waals surface area contributed by atoms with Crippen LogP contribution < -0.4 is 15.0 Å². The van der Waals surface area contributed by atoms with E-state index in [0.29, 0.717) is 22.9 Å². The minimum atomic E-state index is -0.206. The van der Waals surface area contributed by atoms with Gasteiger partial charge in [0.25, 0.3) is 5.91 Å². The number of carbonyl (C=O) groups is 1. The maximum atomic E-state index is 12.9. The van der Waals surface area contributed by atoms with Crippen LogP contribution in [0, 0.1) is 0 Å². The Balaban J connectivity index is 1.41. The van der Waals surface area contributed by atoms with Crippen molar-refractivity contribution in [3.05, 3.63) is 88.9 Å². The summed E-state index contributed by atoms with van der Waals surface area (Å²) in [5, 5.41) is 3.62. The van der Waals surface area contributed by atoms with Gasteiger partial charge < -0.3 is 19.9 Å². The minimum Gasteiger partial charge on any atom is -0.488 e. The van der Waals surface area contributed by atoms with Gasteiger partial charge in [-0.3, -0.25) is 4.79 Å². The number of hydrogen-bond acceptors (Lipinski definition) is 4. The first-order valence-corrected chi connectivity index (χ1v) is 10.8. The van der Waals surface area contributed by atoms with Gasteiger partial charge in [0.1, 0.15) is 12.4 Å². The third kappa shape index (κ3) is 5.37. The van der Waals surface area contributed by atoms with Crippen LogP contribution in [0.15, 0.2) is 72.8 Å². The molecule has 4 rings (SSSR count). The Bertz CT molecular complexity index is 1030. The molecule has 0 bridgehead atoms. The fraction of sp³-hybridized carbons (Fsp3) is 0.240. The van der Waals surface area contributed by atoms with Gasteiger partial charge in [0.05, 0.1) is 5.56 Å². The molecule has 0 atom stereocenters. The first-order chi connectivity index (χ1) is 15.1. The highest BCUT2D eigenvalue weighted by Gasteiger charge is 2.16. The second-order valence-electron chi connectivity index (χ2n) is 7.67. The Hall–Kier alpha value is -3.02. The predicted molar refractivity (Wildman–Crippen MR) is 126 cm³/mol. The molecule has 3 aromatic rings. The van der Waals surface area contributed by atoms with Crippen LogP contribution in [0.5, 0.6) is 5.75 Å². The summed E-state index contributed by atoms with van der Waals surface area (Å²) in [4.78, 5) is 17.6. The number of nitrogens with zero attached hydrogens (tertiary/aromatic N) is 2.